The number of hydrogen-bond acceptors (Lipinski definition) is 5. The number of Topliss-reactive ketones (excluding diaryl/α,β-unsaturated/α-hetero) is 1. The Hall–Kier alpha value is -2.99. The third-order valence-corrected chi connectivity index (χ3v) is 5.51. The Bertz CT molecular complexity index is 947. The molecule has 1 fully saturated rings. The highest BCUT2D eigenvalue weighted by atomic mass is 19.1. The average Bonchev–Trinajstić information content (AvgIpc) is 3.55. The number of ether oxygens (including phenoxy) is 1. The van der Waals surface area contributed by atoms with Gasteiger partial charge in [0.1, 0.15) is 5.82 Å². The lowest BCUT2D eigenvalue weighted by atomic mass is 9.83. The third-order valence-electron chi connectivity index (χ3n) is 5.51. The Labute approximate surface area is 167 Å². The fourth-order valence-electron chi connectivity index (χ4n) is 3.85. The van der Waals surface area contributed by atoms with Crippen LogP contribution in [0.5, 0.6) is 0 Å². The van der Waals surface area contributed by atoms with Crippen LogP contribution in [0.15, 0.2) is 65.9 Å². The molecular weight excluding hydrogens is 375 g/mol. The zero-order valence-corrected chi connectivity index (χ0v) is 15.6. The molecule has 4 rings (SSSR count). The number of hydrogen-bond donors (Lipinski definition) is 2. The Morgan fingerprint density at radius 2 is 1.66 bits per heavy atom. The summed E-state index contributed by atoms with van der Waals surface area (Å²) < 4.78 is 18.4. The number of aliphatic hydroxyl groups excluding tert-OH is 2. The summed E-state index contributed by atoms with van der Waals surface area (Å²) in [6.07, 6.45) is -0.829. The van der Waals surface area contributed by atoms with Gasteiger partial charge < -0.3 is 14.9 Å². The highest BCUT2D eigenvalue weighted by Gasteiger charge is 2.45. The van der Waals surface area contributed by atoms with Crippen molar-refractivity contribution in [1.82, 2.24) is 0 Å². The second-order valence-corrected chi connectivity index (χ2v) is 7.55. The Morgan fingerprint density at radius 1 is 1.00 bits per heavy atom. The lowest BCUT2D eigenvalue weighted by molar-refractivity contribution is -0.156. The predicted octanol–water partition coefficient (Wildman–Crippen LogP) is 3.75. The maximum Gasteiger partial charge on any atom is 0.339 e. The highest BCUT2D eigenvalue weighted by molar-refractivity contribution is 6.09. The van der Waals surface area contributed by atoms with E-state index in [0.717, 1.165) is 18.4 Å². The number of cyclic esters (lactones) is 1. The van der Waals surface area contributed by atoms with Crippen LogP contribution in [-0.2, 0) is 14.3 Å². The molecule has 5 nitrogen and oxygen atoms in total. The zero-order valence-electron chi connectivity index (χ0n) is 15.6. The molecule has 0 radical (unpaired) electrons. The van der Waals surface area contributed by atoms with Crippen molar-refractivity contribution in [1.29, 1.82) is 0 Å². The first-order valence-corrected chi connectivity index (χ1v) is 9.62. The van der Waals surface area contributed by atoms with Gasteiger partial charge in [-0.2, -0.15) is 0 Å². The zero-order chi connectivity index (χ0) is 20.5. The normalized spacial score (nSPS) is 21.7. The summed E-state index contributed by atoms with van der Waals surface area (Å²) in [6, 6.07) is 14.5. The number of carbonyl (C=O) groups excluding carboxylic acids is 2. The molecule has 29 heavy (non-hydrogen) atoms. The van der Waals surface area contributed by atoms with Gasteiger partial charge in [0.2, 0.25) is 5.78 Å². The van der Waals surface area contributed by atoms with Crippen molar-refractivity contribution in [3.05, 3.63) is 82.9 Å². The van der Waals surface area contributed by atoms with Crippen molar-refractivity contribution in [2.75, 3.05) is 0 Å². The number of ketones is 1. The van der Waals surface area contributed by atoms with E-state index in [2.05, 4.69) is 0 Å². The summed E-state index contributed by atoms with van der Waals surface area (Å²) >= 11 is 0. The van der Waals surface area contributed by atoms with Gasteiger partial charge >= 0.3 is 5.97 Å². The fraction of sp³-hybridized carbons (Fsp3) is 0.304. The number of halogens is 1. The molecule has 1 aliphatic carbocycles. The van der Waals surface area contributed by atoms with Crippen LogP contribution in [0.3, 0.4) is 0 Å². The van der Waals surface area contributed by atoms with E-state index in [0.29, 0.717) is 5.56 Å². The van der Waals surface area contributed by atoms with Gasteiger partial charge in [0.05, 0.1) is 11.7 Å². The molecule has 150 valence electrons. The van der Waals surface area contributed by atoms with Gasteiger partial charge in [0, 0.05) is 12.3 Å². The summed E-state index contributed by atoms with van der Waals surface area (Å²) in [5, 5.41) is 20.9. The van der Waals surface area contributed by atoms with Gasteiger partial charge in [-0.25, -0.2) is 9.18 Å². The van der Waals surface area contributed by atoms with Crippen molar-refractivity contribution in [3.63, 3.8) is 0 Å². The van der Waals surface area contributed by atoms with Crippen LogP contribution >= 0.6 is 0 Å². The molecule has 1 heterocycles. The molecule has 0 spiro atoms. The Morgan fingerprint density at radius 3 is 2.28 bits per heavy atom. The number of rotatable bonds is 6. The van der Waals surface area contributed by atoms with E-state index >= 15 is 0 Å². The second kappa shape index (κ2) is 7.79. The van der Waals surface area contributed by atoms with Crippen LogP contribution in [0.25, 0.3) is 0 Å². The molecule has 2 N–H and O–H groups in total. The van der Waals surface area contributed by atoms with Crippen molar-refractivity contribution in [2.45, 2.75) is 37.4 Å². The minimum absolute atomic E-state index is 0.00350. The summed E-state index contributed by atoms with van der Waals surface area (Å²) in [5.74, 6) is -2.70. The lowest BCUT2D eigenvalue weighted by Gasteiger charge is -2.28. The molecule has 3 unspecified atom stereocenters. The van der Waals surface area contributed by atoms with E-state index in [1.54, 1.807) is 0 Å². The molecule has 2 aliphatic rings. The standard InChI is InChI=1S/C23H21FO5/c24-16-10-8-13(9-11-16)17(25)12-18-21(26)22(27)20(23(28)29-18)19(15-6-7-15)14-4-2-1-3-5-14/h1-5,8-11,15,17-19,25,27H,6-7,12H2. The van der Waals surface area contributed by atoms with Gasteiger partial charge in [-0.1, -0.05) is 42.5 Å². The summed E-state index contributed by atoms with van der Waals surface area (Å²) in [4.78, 5) is 25.5. The maximum absolute atomic E-state index is 13.1. The van der Waals surface area contributed by atoms with Gasteiger partial charge in [-0.05, 0) is 42.0 Å². The molecule has 0 aromatic heterocycles. The molecule has 0 amide bonds. The molecule has 3 atom stereocenters. The number of carbonyl (C=O) groups is 2. The smallest absolute Gasteiger partial charge is 0.339 e. The second-order valence-electron chi connectivity index (χ2n) is 7.55. The SMILES string of the molecule is O=C1OC(CC(O)c2ccc(F)cc2)C(=O)C(O)=C1C(c1ccccc1)C1CC1. The maximum atomic E-state index is 13.1. The van der Waals surface area contributed by atoms with Crippen LogP contribution in [0.4, 0.5) is 4.39 Å². The minimum atomic E-state index is -1.29. The largest absolute Gasteiger partial charge is 0.504 e. The third kappa shape index (κ3) is 3.93. The quantitative estimate of drug-likeness (QED) is 0.727. The monoisotopic (exact) mass is 396 g/mol. The first kappa shape index (κ1) is 19.3. The molecular formula is C23H21FO5. The van der Waals surface area contributed by atoms with Crippen LogP contribution in [0.2, 0.25) is 0 Å². The van der Waals surface area contributed by atoms with Crippen molar-refractivity contribution < 1.29 is 28.9 Å². The van der Waals surface area contributed by atoms with Gasteiger partial charge in [0.25, 0.3) is 0 Å². The van der Waals surface area contributed by atoms with Crippen LogP contribution in [0, 0.1) is 11.7 Å². The Balaban J connectivity index is 1.58. The summed E-state index contributed by atoms with van der Waals surface area (Å²) in [6.45, 7) is 0. The van der Waals surface area contributed by atoms with Crippen LogP contribution in [0.1, 0.15) is 42.4 Å². The minimum Gasteiger partial charge on any atom is -0.504 e. The van der Waals surface area contributed by atoms with Gasteiger partial charge in [-0.3, -0.25) is 4.79 Å². The van der Waals surface area contributed by atoms with E-state index in [1.165, 1.54) is 24.3 Å². The van der Waals surface area contributed by atoms with Gasteiger partial charge in [0.15, 0.2) is 11.9 Å². The molecule has 0 bridgehead atoms. The molecule has 2 aromatic rings. The first-order chi connectivity index (χ1) is 14.0. The molecule has 0 saturated heterocycles. The van der Waals surface area contributed by atoms with Crippen molar-refractivity contribution in [3.8, 4) is 0 Å². The first-order valence-electron chi connectivity index (χ1n) is 9.62. The van der Waals surface area contributed by atoms with E-state index in [1.807, 2.05) is 30.3 Å². The van der Waals surface area contributed by atoms with Crippen molar-refractivity contribution >= 4 is 11.8 Å². The molecule has 1 aliphatic heterocycles. The van der Waals surface area contributed by atoms with E-state index in [4.69, 9.17) is 4.74 Å². The number of esters is 1. The number of benzene rings is 2. The van der Waals surface area contributed by atoms with E-state index in [-0.39, 0.29) is 17.9 Å². The average molecular weight is 396 g/mol. The van der Waals surface area contributed by atoms with Gasteiger partial charge in [-0.15, -0.1) is 0 Å². The summed E-state index contributed by atoms with van der Waals surface area (Å²) in [5.41, 5.74) is 1.24. The Kier molecular flexibility index (Phi) is 5.20. The fourth-order valence-corrected chi connectivity index (χ4v) is 3.85. The van der Waals surface area contributed by atoms with Crippen LogP contribution < -0.4 is 0 Å². The summed E-state index contributed by atoms with van der Waals surface area (Å²) in [7, 11) is 0. The lowest BCUT2D eigenvalue weighted by Crippen LogP contribution is -2.38. The predicted molar refractivity (Wildman–Crippen MR) is 102 cm³/mol. The van der Waals surface area contributed by atoms with E-state index in [9.17, 15) is 24.2 Å². The molecule has 6 heteroatoms. The number of aliphatic hydroxyl groups is 2. The topological polar surface area (TPSA) is 83.8 Å². The highest BCUT2D eigenvalue weighted by Crippen LogP contribution is 2.48. The van der Waals surface area contributed by atoms with E-state index < -0.39 is 41.5 Å². The molecule has 2 aromatic carbocycles. The van der Waals surface area contributed by atoms with Crippen LogP contribution in [-0.4, -0.2) is 28.1 Å². The molecule has 1 saturated carbocycles. The van der Waals surface area contributed by atoms with Crippen molar-refractivity contribution in [2.24, 2.45) is 5.92 Å².